The molecular weight excluding hydrogens is 196 g/mol. The summed E-state index contributed by atoms with van der Waals surface area (Å²) < 4.78 is 0. The van der Waals surface area contributed by atoms with Gasteiger partial charge in [-0.05, 0) is 19.3 Å². The Morgan fingerprint density at radius 3 is 2.67 bits per heavy atom. The van der Waals surface area contributed by atoms with E-state index in [-0.39, 0.29) is 11.8 Å². The summed E-state index contributed by atoms with van der Waals surface area (Å²) >= 11 is 0. The third-order valence-corrected chi connectivity index (χ3v) is 2.46. The lowest BCUT2D eigenvalue weighted by atomic mass is 10.2. The monoisotopic (exact) mass is 210 g/mol. The largest absolute Gasteiger partial charge is 0.481 e. The fourth-order valence-corrected chi connectivity index (χ4v) is 1.43. The number of aliphatic carboxylic acids is 1. The number of nitriles is 1. The molecule has 0 aromatic heterocycles. The Morgan fingerprint density at radius 2 is 2.13 bits per heavy atom. The second-order valence-electron chi connectivity index (χ2n) is 3.69. The van der Waals surface area contributed by atoms with Crippen LogP contribution in [0.25, 0.3) is 0 Å². The summed E-state index contributed by atoms with van der Waals surface area (Å²) in [7, 11) is 0. The van der Waals surface area contributed by atoms with E-state index >= 15 is 0 Å². The minimum atomic E-state index is -0.889. The molecule has 5 nitrogen and oxygen atoms in total. The number of nitrogens with one attached hydrogen (secondary N) is 1. The standard InChI is InChI=1S/C10H14N2O3/c11-4-2-1-3-5-12-9(13)7-6-8(7)10(14)15/h7-8H,1-3,5-6H2,(H,12,13)(H,14,15). The highest BCUT2D eigenvalue weighted by molar-refractivity contribution is 5.89. The van der Waals surface area contributed by atoms with Gasteiger partial charge < -0.3 is 10.4 Å². The quantitative estimate of drug-likeness (QED) is 0.625. The highest BCUT2D eigenvalue weighted by Gasteiger charge is 2.48. The normalized spacial score (nSPS) is 22.9. The number of nitrogens with zero attached hydrogens (tertiary/aromatic N) is 1. The van der Waals surface area contributed by atoms with E-state index in [1.165, 1.54) is 0 Å². The van der Waals surface area contributed by atoms with Crippen LogP contribution in [0, 0.1) is 23.2 Å². The molecule has 1 rings (SSSR count). The molecule has 1 aliphatic carbocycles. The van der Waals surface area contributed by atoms with Gasteiger partial charge in [0.05, 0.1) is 17.9 Å². The van der Waals surface area contributed by atoms with Gasteiger partial charge in [0, 0.05) is 13.0 Å². The van der Waals surface area contributed by atoms with Gasteiger partial charge >= 0.3 is 5.97 Å². The lowest BCUT2D eigenvalue weighted by molar-refractivity contribution is -0.140. The minimum Gasteiger partial charge on any atom is -0.481 e. The van der Waals surface area contributed by atoms with Crippen LogP contribution < -0.4 is 5.32 Å². The van der Waals surface area contributed by atoms with Crippen LogP contribution in [0.5, 0.6) is 0 Å². The molecule has 0 spiro atoms. The van der Waals surface area contributed by atoms with Crippen LogP contribution >= 0.6 is 0 Å². The molecule has 82 valence electrons. The molecule has 2 atom stereocenters. The maximum atomic E-state index is 11.3. The van der Waals surface area contributed by atoms with Gasteiger partial charge in [-0.1, -0.05) is 0 Å². The molecule has 0 aromatic carbocycles. The Labute approximate surface area is 88.1 Å². The second-order valence-corrected chi connectivity index (χ2v) is 3.69. The van der Waals surface area contributed by atoms with Gasteiger partial charge in [0.25, 0.3) is 0 Å². The molecule has 2 N–H and O–H groups in total. The highest BCUT2D eigenvalue weighted by Crippen LogP contribution is 2.38. The molecular formula is C10H14N2O3. The molecule has 15 heavy (non-hydrogen) atoms. The van der Waals surface area contributed by atoms with Gasteiger partial charge in [-0.3, -0.25) is 9.59 Å². The Balaban J connectivity index is 2.06. The number of amides is 1. The molecule has 0 heterocycles. The number of carbonyl (C=O) groups excluding carboxylic acids is 1. The van der Waals surface area contributed by atoms with Crippen LogP contribution in [-0.2, 0) is 9.59 Å². The summed E-state index contributed by atoms with van der Waals surface area (Å²) in [6.07, 6.45) is 2.49. The van der Waals surface area contributed by atoms with E-state index in [1.54, 1.807) is 0 Å². The van der Waals surface area contributed by atoms with E-state index in [9.17, 15) is 9.59 Å². The first-order valence-corrected chi connectivity index (χ1v) is 5.04. The van der Waals surface area contributed by atoms with Crippen molar-refractivity contribution in [3.63, 3.8) is 0 Å². The van der Waals surface area contributed by atoms with Crippen LogP contribution in [0.2, 0.25) is 0 Å². The average Bonchev–Trinajstić information content (AvgIpc) is 2.96. The second kappa shape index (κ2) is 5.35. The van der Waals surface area contributed by atoms with Gasteiger partial charge in [0.15, 0.2) is 0 Å². The summed E-state index contributed by atoms with van der Waals surface area (Å²) in [6, 6.07) is 2.02. The fourth-order valence-electron chi connectivity index (χ4n) is 1.43. The Morgan fingerprint density at radius 1 is 1.40 bits per heavy atom. The van der Waals surface area contributed by atoms with Gasteiger partial charge in [-0.25, -0.2) is 0 Å². The van der Waals surface area contributed by atoms with Gasteiger partial charge in [0.2, 0.25) is 5.91 Å². The zero-order chi connectivity index (χ0) is 11.3. The van der Waals surface area contributed by atoms with Crippen molar-refractivity contribution in [1.29, 1.82) is 5.26 Å². The zero-order valence-electron chi connectivity index (χ0n) is 8.40. The first-order valence-electron chi connectivity index (χ1n) is 5.04. The number of unbranched alkanes of at least 4 members (excludes halogenated alkanes) is 2. The molecule has 1 amide bonds. The number of carboxylic acid groups (broad SMARTS) is 1. The summed E-state index contributed by atoms with van der Waals surface area (Å²) in [6.45, 7) is 0.531. The molecule has 1 aliphatic rings. The van der Waals surface area contributed by atoms with Crippen molar-refractivity contribution < 1.29 is 14.7 Å². The van der Waals surface area contributed by atoms with E-state index in [0.717, 1.165) is 12.8 Å². The summed E-state index contributed by atoms with van der Waals surface area (Å²) in [4.78, 5) is 21.8. The summed E-state index contributed by atoms with van der Waals surface area (Å²) in [5.41, 5.74) is 0. The van der Waals surface area contributed by atoms with E-state index in [0.29, 0.717) is 19.4 Å². The van der Waals surface area contributed by atoms with Crippen molar-refractivity contribution in [1.82, 2.24) is 5.32 Å². The molecule has 0 aromatic rings. The van der Waals surface area contributed by atoms with Crippen molar-refractivity contribution >= 4 is 11.9 Å². The Bertz CT molecular complexity index is 296. The minimum absolute atomic E-state index is 0.167. The summed E-state index contributed by atoms with van der Waals surface area (Å²) in [5, 5.41) is 19.5. The first-order chi connectivity index (χ1) is 7.16. The molecule has 0 saturated heterocycles. The average molecular weight is 210 g/mol. The molecule has 1 saturated carbocycles. The number of carboxylic acids is 1. The fraction of sp³-hybridized carbons (Fsp3) is 0.700. The predicted molar refractivity (Wildman–Crippen MR) is 51.7 cm³/mol. The molecule has 0 aliphatic heterocycles. The first kappa shape index (κ1) is 11.5. The smallest absolute Gasteiger partial charge is 0.307 e. The predicted octanol–water partition coefficient (Wildman–Crippen LogP) is 0.517. The Hall–Kier alpha value is -1.57. The van der Waals surface area contributed by atoms with Crippen molar-refractivity contribution in [2.75, 3.05) is 6.54 Å². The molecule has 2 unspecified atom stereocenters. The lowest BCUT2D eigenvalue weighted by Gasteiger charge is -2.02. The highest BCUT2D eigenvalue weighted by atomic mass is 16.4. The lowest BCUT2D eigenvalue weighted by Crippen LogP contribution is -2.27. The number of hydrogen-bond donors (Lipinski definition) is 2. The third-order valence-electron chi connectivity index (χ3n) is 2.46. The van der Waals surface area contributed by atoms with Crippen LogP contribution in [0.4, 0.5) is 0 Å². The van der Waals surface area contributed by atoms with Gasteiger partial charge in [0.1, 0.15) is 0 Å². The van der Waals surface area contributed by atoms with Crippen molar-refractivity contribution in [3.05, 3.63) is 0 Å². The van der Waals surface area contributed by atoms with Crippen molar-refractivity contribution in [2.45, 2.75) is 25.7 Å². The van der Waals surface area contributed by atoms with Gasteiger partial charge in [-0.2, -0.15) is 5.26 Å². The molecule has 1 fully saturated rings. The Kier molecular flexibility index (Phi) is 4.10. The third kappa shape index (κ3) is 3.58. The van der Waals surface area contributed by atoms with E-state index in [4.69, 9.17) is 10.4 Å². The number of carbonyl (C=O) groups is 2. The zero-order valence-corrected chi connectivity index (χ0v) is 8.40. The summed E-state index contributed by atoms with van der Waals surface area (Å²) in [5.74, 6) is -1.87. The van der Waals surface area contributed by atoms with E-state index in [2.05, 4.69) is 5.32 Å². The van der Waals surface area contributed by atoms with Crippen LogP contribution in [0.3, 0.4) is 0 Å². The molecule has 0 bridgehead atoms. The van der Waals surface area contributed by atoms with Crippen LogP contribution in [0.15, 0.2) is 0 Å². The van der Waals surface area contributed by atoms with Crippen molar-refractivity contribution in [2.24, 2.45) is 11.8 Å². The number of hydrogen-bond acceptors (Lipinski definition) is 3. The maximum absolute atomic E-state index is 11.3. The van der Waals surface area contributed by atoms with Gasteiger partial charge in [-0.15, -0.1) is 0 Å². The van der Waals surface area contributed by atoms with Crippen LogP contribution in [-0.4, -0.2) is 23.5 Å². The number of rotatable bonds is 6. The molecule has 0 radical (unpaired) electrons. The van der Waals surface area contributed by atoms with E-state index < -0.39 is 11.9 Å². The van der Waals surface area contributed by atoms with Crippen LogP contribution in [0.1, 0.15) is 25.7 Å². The maximum Gasteiger partial charge on any atom is 0.307 e. The SMILES string of the molecule is N#CCCCCNC(=O)C1CC1C(=O)O. The van der Waals surface area contributed by atoms with E-state index in [1.807, 2.05) is 6.07 Å². The molecule has 5 heteroatoms. The van der Waals surface area contributed by atoms with Crippen molar-refractivity contribution in [3.8, 4) is 6.07 Å². The topological polar surface area (TPSA) is 90.2 Å².